The molecule has 0 aliphatic rings. The lowest BCUT2D eigenvalue weighted by Crippen LogP contribution is -2.26. The van der Waals surface area contributed by atoms with Crippen LogP contribution in [0.3, 0.4) is 0 Å². The number of aryl methyl sites for hydroxylation is 2. The fourth-order valence-electron chi connectivity index (χ4n) is 2.20. The van der Waals surface area contributed by atoms with Crippen LogP contribution in [0.15, 0.2) is 47.4 Å². The summed E-state index contributed by atoms with van der Waals surface area (Å²) in [5.41, 5.74) is 3.24. The van der Waals surface area contributed by atoms with E-state index in [9.17, 15) is 13.0 Å². The second-order valence-corrected chi connectivity index (χ2v) is 7.76. The summed E-state index contributed by atoms with van der Waals surface area (Å²) in [7, 11) is -3.80. The Morgan fingerprint density at radius 2 is 1.71 bits per heavy atom. The van der Waals surface area contributed by atoms with Crippen molar-refractivity contribution in [2.24, 2.45) is 0 Å². The second kappa shape index (κ2) is 6.55. The first-order chi connectivity index (χ1) is 9.89. The Kier molecular flexibility index (Phi) is 4.98. The van der Waals surface area contributed by atoms with Crippen LogP contribution in [0.1, 0.15) is 16.7 Å². The third kappa shape index (κ3) is 4.03. The summed E-state index contributed by atoms with van der Waals surface area (Å²) in [6.07, 6.45) is 0.900. The summed E-state index contributed by atoms with van der Waals surface area (Å²) in [5, 5.41) is 0.758. The normalized spacial score (nSPS) is 11.6. The van der Waals surface area contributed by atoms with E-state index >= 15 is 0 Å². The average molecular weight is 318 g/mol. The van der Waals surface area contributed by atoms with Gasteiger partial charge in [-0.25, -0.2) is 0 Å². The molecule has 2 aromatic rings. The van der Waals surface area contributed by atoms with Gasteiger partial charge in [0.05, 0.1) is 14.4 Å². The van der Waals surface area contributed by atoms with Crippen molar-refractivity contribution in [3.8, 4) is 0 Å². The van der Waals surface area contributed by atoms with Gasteiger partial charge < -0.3 is 0 Å². The summed E-state index contributed by atoms with van der Waals surface area (Å²) >= 11 is 0. The first-order valence-corrected chi connectivity index (χ1v) is 9.40. The van der Waals surface area contributed by atoms with Crippen molar-refractivity contribution >= 4 is 24.8 Å². The number of rotatable bonds is 5. The number of benzene rings is 2. The minimum absolute atomic E-state index is 0.0528. The van der Waals surface area contributed by atoms with E-state index in [-0.39, 0.29) is 4.90 Å². The van der Waals surface area contributed by atoms with Crippen molar-refractivity contribution in [2.75, 3.05) is 0 Å². The monoisotopic (exact) mass is 318 g/mol. The Morgan fingerprint density at radius 3 is 2.33 bits per heavy atom. The maximum atomic E-state index is 11.5. The molecule has 0 heterocycles. The highest BCUT2D eigenvalue weighted by Gasteiger charge is 2.18. The summed E-state index contributed by atoms with van der Waals surface area (Å²) in [6, 6.07) is 14.2. The first-order valence-electron chi connectivity index (χ1n) is 6.75. The molecule has 0 aliphatic heterocycles. The zero-order valence-corrected chi connectivity index (χ0v) is 13.9. The van der Waals surface area contributed by atoms with Gasteiger partial charge in [0.2, 0.25) is 0 Å². The topological polar surface area (TPSA) is 54.4 Å². The molecule has 0 saturated carbocycles. The smallest absolute Gasteiger partial charge is 0.282 e. The van der Waals surface area contributed by atoms with Crippen LogP contribution in [0, 0.1) is 13.8 Å². The minimum atomic E-state index is -4.16. The molecule has 2 aromatic carbocycles. The van der Waals surface area contributed by atoms with Crippen molar-refractivity contribution in [2.45, 2.75) is 31.2 Å². The van der Waals surface area contributed by atoms with E-state index in [0.717, 1.165) is 28.8 Å². The maximum Gasteiger partial charge on any atom is 0.294 e. The standard InChI is InChI=1S/C16H18O3SSi/c1-12-8-9-15(20(17,18)19)16(13(12)2)21-11-10-14-6-4-3-5-7-14/h3-9H,10-11H2,1-2H3,(H,17,18,19). The third-order valence-electron chi connectivity index (χ3n) is 3.53. The van der Waals surface area contributed by atoms with Crippen LogP contribution in [-0.2, 0) is 16.5 Å². The molecule has 3 nitrogen and oxygen atoms in total. The Balaban J connectivity index is 2.21. The highest BCUT2D eigenvalue weighted by molar-refractivity contribution is 7.86. The zero-order chi connectivity index (χ0) is 15.5. The Labute approximate surface area is 128 Å². The molecule has 0 aromatic heterocycles. The molecule has 0 fully saturated rings. The van der Waals surface area contributed by atoms with Crippen molar-refractivity contribution < 1.29 is 13.0 Å². The fourth-order valence-corrected chi connectivity index (χ4v) is 4.84. The van der Waals surface area contributed by atoms with E-state index in [1.165, 1.54) is 11.6 Å². The predicted octanol–water partition coefficient (Wildman–Crippen LogP) is 2.54. The molecule has 0 aliphatic carbocycles. The molecule has 5 heteroatoms. The van der Waals surface area contributed by atoms with Crippen molar-refractivity contribution in [1.82, 2.24) is 0 Å². The van der Waals surface area contributed by atoms with Crippen LogP contribution in [0.4, 0.5) is 0 Å². The Morgan fingerprint density at radius 1 is 1.05 bits per heavy atom. The molecule has 21 heavy (non-hydrogen) atoms. The summed E-state index contributed by atoms with van der Waals surface area (Å²) < 4.78 is 32.4. The van der Waals surface area contributed by atoms with E-state index in [1.807, 2.05) is 32.0 Å². The molecule has 0 atom stereocenters. The molecule has 0 saturated heterocycles. The van der Waals surface area contributed by atoms with Gasteiger partial charge in [0.15, 0.2) is 0 Å². The quantitative estimate of drug-likeness (QED) is 0.681. The van der Waals surface area contributed by atoms with Crippen LogP contribution in [-0.4, -0.2) is 22.5 Å². The molecule has 0 amide bonds. The van der Waals surface area contributed by atoms with Gasteiger partial charge in [0.1, 0.15) is 0 Å². The zero-order valence-electron chi connectivity index (χ0n) is 12.1. The molecular weight excluding hydrogens is 300 g/mol. The van der Waals surface area contributed by atoms with Crippen LogP contribution in [0.2, 0.25) is 6.04 Å². The maximum absolute atomic E-state index is 11.5. The van der Waals surface area contributed by atoms with Crippen molar-refractivity contribution in [1.29, 1.82) is 0 Å². The van der Waals surface area contributed by atoms with Gasteiger partial charge in [-0.3, -0.25) is 4.55 Å². The minimum Gasteiger partial charge on any atom is -0.282 e. The molecule has 0 spiro atoms. The Hall–Kier alpha value is -1.43. The molecule has 1 N–H and O–H groups in total. The second-order valence-electron chi connectivity index (χ2n) is 5.02. The fraction of sp³-hybridized carbons (Fsp3) is 0.250. The lowest BCUT2D eigenvalue weighted by Gasteiger charge is -2.12. The van der Waals surface area contributed by atoms with Crippen LogP contribution < -0.4 is 5.19 Å². The largest absolute Gasteiger partial charge is 0.294 e. The van der Waals surface area contributed by atoms with Gasteiger partial charge in [0, 0.05) is 0 Å². The number of hydrogen-bond acceptors (Lipinski definition) is 2. The van der Waals surface area contributed by atoms with Gasteiger partial charge in [-0.05, 0) is 48.2 Å². The van der Waals surface area contributed by atoms with E-state index in [0.29, 0.717) is 9.52 Å². The highest BCUT2D eigenvalue weighted by atomic mass is 32.2. The summed E-state index contributed by atoms with van der Waals surface area (Å²) in [4.78, 5) is 0.0528. The van der Waals surface area contributed by atoms with Crippen molar-refractivity contribution in [3.05, 3.63) is 59.2 Å². The molecule has 0 bridgehead atoms. The molecule has 2 radical (unpaired) electrons. The van der Waals surface area contributed by atoms with Crippen LogP contribution in [0.5, 0.6) is 0 Å². The van der Waals surface area contributed by atoms with Gasteiger partial charge in [-0.2, -0.15) is 8.42 Å². The van der Waals surface area contributed by atoms with E-state index in [2.05, 4.69) is 12.1 Å². The van der Waals surface area contributed by atoms with E-state index in [4.69, 9.17) is 0 Å². The van der Waals surface area contributed by atoms with Crippen LogP contribution in [0.25, 0.3) is 0 Å². The van der Waals surface area contributed by atoms with Gasteiger partial charge in [-0.15, -0.1) is 0 Å². The summed E-state index contributed by atoms with van der Waals surface area (Å²) in [5.74, 6) is 0. The predicted molar refractivity (Wildman–Crippen MR) is 86.1 cm³/mol. The molecular formula is C16H18O3SSi. The SMILES string of the molecule is Cc1ccc(S(=O)(=O)O)c([Si]CCc2ccccc2)c1C. The lowest BCUT2D eigenvalue weighted by atomic mass is 10.1. The summed E-state index contributed by atoms with van der Waals surface area (Å²) in [6.45, 7) is 3.86. The Bertz CT molecular complexity index is 725. The molecule has 110 valence electrons. The molecule has 2 rings (SSSR count). The lowest BCUT2D eigenvalue weighted by molar-refractivity contribution is 0.484. The van der Waals surface area contributed by atoms with Gasteiger partial charge >= 0.3 is 0 Å². The third-order valence-corrected chi connectivity index (χ3v) is 6.11. The average Bonchev–Trinajstić information content (AvgIpc) is 2.43. The molecule has 0 unspecified atom stereocenters. The highest BCUT2D eigenvalue weighted by Crippen LogP contribution is 2.13. The van der Waals surface area contributed by atoms with Gasteiger partial charge in [0.25, 0.3) is 10.1 Å². The van der Waals surface area contributed by atoms with Crippen molar-refractivity contribution in [3.63, 3.8) is 0 Å². The van der Waals surface area contributed by atoms with Gasteiger partial charge in [-0.1, -0.05) is 42.4 Å². The van der Waals surface area contributed by atoms with Crippen LogP contribution >= 0.6 is 0 Å². The number of hydrogen-bond donors (Lipinski definition) is 1. The van der Waals surface area contributed by atoms with E-state index < -0.39 is 10.1 Å². The van der Waals surface area contributed by atoms with E-state index in [1.54, 1.807) is 6.07 Å². The first kappa shape index (κ1) is 15.9.